The maximum absolute atomic E-state index is 13.5. The zero-order valence-corrected chi connectivity index (χ0v) is 18.6. The van der Waals surface area contributed by atoms with Gasteiger partial charge in [0.1, 0.15) is 29.3 Å². The van der Waals surface area contributed by atoms with Crippen molar-refractivity contribution in [2.45, 2.75) is 25.9 Å². The van der Waals surface area contributed by atoms with Crippen molar-refractivity contribution in [3.8, 4) is 5.75 Å². The van der Waals surface area contributed by atoms with Crippen LogP contribution in [0, 0.1) is 18.6 Å². The minimum atomic E-state index is -0.477. The van der Waals surface area contributed by atoms with Crippen LogP contribution in [0.3, 0.4) is 0 Å². The van der Waals surface area contributed by atoms with Gasteiger partial charge in [0.25, 0.3) is 0 Å². The van der Waals surface area contributed by atoms with E-state index in [0.717, 1.165) is 22.6 Å². The quantitative estimate of drug-likeness (QED) is 0.321. The molecule has 0 aliphatic rings. The van der Waals surface area contributed by atoms with Crippen LogP contribution in [-0.2, 0) is 17.6 Å². The highest BCUT2D eigenvalue weighted by atomic mass is 19.1. The number of halogens is 2. The summed E-state index contributed by atoms with van der Waals surface area (Å²) in [7, 11) is 0. The molecule has 0 spiro atoms. The summed E-state index contributed by atoms with van der Waals surface area (Å²) in [5.74, 6) is 0.163. The number of hydrogen-bond acceptors (Lipinski definition) is 4. The molecule has 1 atom stereocenters. The molecule has 1 unspecified atom stereocenters. The minimum absolute atomic E-state index is 0.174. The maximum atomic E-state index is 13.5. The topological polar surface area (TPSA) is 64.2 Å². The lowest BCUT2D eigenvalue weighted by Gasteiger charge is -2.19. The van der Waals surface area contributed by atoms with Gasteiger partial charge in [-0.1, -0.05) is 30.3 Å². The summed E-state index contributed by atoms with van der Waals surface area (Å²) in [6.45, 7) is 2.04. The molecule has 0 saturated carbocycles. The normalized spacial score (nSPS) is 11.7. The molecule has 4 rings (SSSR count). The molecule has 1 N–H and O–H groups in total. The third kappa shape index (κ3) is 6.28. The van der Waals surface area contributed by atoms with Crippen molar-refractivity contribution in [2.75, 3.05) is 6.61 Å². The molecular formula is C27H24F2N2O3. The van der Waals surface area contributed by atoms with Crippen molar-refractivity contribution in [3.63, 3.8) is 0 Å². The summed E-state index contributed by atoms with van der Waals surface area (Å²) in [4.78, 5) is 19.9. The molecule has 0 bridgehead atoms. The molecule has 4 aromatic rings. The zero-order valence-electron chi connectivity index (χ0n) is 18.6. The van der Waals surface area contributed by atoms with Crippen LogP contribution in [0.25, 0.3) is 0 Å². The van der Waals surface area contributed by atoms with E-state index in [1.54, 1.807) is 54.7 Å². The van der Waals surface area contributed by atoms with Crippen LogP contribution in [0.4, 0.5) is 8.78 Å². The molecule has 3 aromatic carbocycles. The molecule has 0 fully saturated rings. The van der Waals surface area contributed by atoms with Crippen molar-refractivity contribution in [1.82, 2.24) is 9.97 Å². The van der Waals surface area contributed by atoms with Gasteiger partial charge in [-0.05, 0) is 60.5 Å². The predicted octanol–water partition coefficient (Wildman–Crippen LogP) is 5.76. The Hall–Kier alpha value is -4.00. The first-order chi connectivity index (χ1) is 16.5. The van der Waals surface area contributed by atoms with Gasteiger partial charge in [-0.3, -0.25) is 0 Å². The fourth-order valence-corrected chi connectivity index (χ4v) is 3.54. The Bertz CT molecular complexity index is 1240. The van der Waals surface area contributed by atoms with Crippen LogP contribution in [0.5, 0.6) is 5.75 Å². The van der Waals surface area contributed by atoms with Gasteiger partial charge in [0.2, 0.25) is 0 Å². The summed E-state index contributed by atoms with van der Waals surface area (Å²) >= 11 is 0. The van der Waals surface area contributed by atoms with Gasteiger partial charge in [0.05, 0.1) is 12.2 Å². The Balaban J connectivity index is 1.43. The van der Waals surface area contributed by atoms with Crippen molar-refractivity contribution in [3.05, 3.63) is 119 Å². The summed E-state index contributed by atoms with van der Waals surface area (Å²) in [6.07, 6.45) is 2.28. The van der Waals surface area contributed by atoms with Gasteiger partial charge < -0.3 is 14.5 Å². The smallest absolute Gasteiger partial charge is 0.338 e. The third-order valence-electron chi connectivity index (χ3n) is 5.29. The minimum Gasteiger partial charge on any atom is -0.485 e. The molecule has 0 amide bonds. The number of rotatable bonds is 9. The molecule has 1 heterocycles. The van der Waals surface area contributed by atoms with Gasteiger partial charge >= 0.3 is 5.97 Å². The highest BCUT2D eigenvalue weighted by molar-refractivity contribution is 5.89. The van der Waals surface area contributed by atoms with E-state index < -0.39 is 12.1 Å². The van der Waals surface area contributed by atoms with Crippen LogP contribution in [0.1, 0.15) is 39.1 Å². The number of aromatic amines is 1. The molecule has 0 aliphatic carbocycles. The zero-order chi connectivity index (χ0) is 23.9. The van der Waals surface area contributed by atoms with E-state index in [-0.39, 0.29) is 18.2 Å². The molecule has 0 aliphatic heterocycles. The Morgan fingerprint density at radius 1 is 1.00 bits per heavy atom. The standard InChI is InChI=1S/C27H24F2N2O3/c1-18-30-17-24(31-18)16-26(20-7-11-23(29)12-8-20)34-25-4-2-3-21(15-25)27(32)33-14-13-19-5-9-22(28)10-6-19/h2-12,15,17,26H,13-14,16H2,1H3,(H,30,31). The number of benzene rings is 3. The van der Waals surface area contributed by atoms with Crippen LogP contribution >= 0.6 is 0 Å². The van der Waals surface area contributed by atoms with E-state index in [0.29, 0.717) is 24.2 Å². The molecular weight excluding hydrogens is 438 g/mol. The molecule has 174 valence electrons. The predicted molar refractivity (Wildman–Crippen MR) is 124 cm³/mol. The van der Waals surface area contributed by atoms with Crippen molar-refractivity contribution in [1.29, 1.82) is 0 Å². The Kier molecular flexibility index (Phi) is 7.32. The average Bonchev–Trinajstić information content (AvgIpc) is 3.25. The van der Waals surface area contributed by atoms with Gasteiger partial charge in [0.15, 0.2) is 0 Å². The average molecular weight is 462 g/mol. The fraction of sp³-hybridized carbons (Fsp3) is 0.185. The lowest BCUT2D eigenvalue weighted by atomic mass is 10.0. The maximum Gasteiger partial charge on any atom is 0.338 e. The Morgan fingerprint density at radius 2 is 1.71 bits per heavy atom. The fourth-order valence-electron chi connectivity index (χ4n) is 3.54. The van der Waals surface area contributed by atoms with Crippen LogP contribution < -0.4 is 4.74 Å². The second kappa shape index (κ2) is 10.7. The van der Waals surface area contributed by atoms with Crippen LogP contribution in [0.15, 0.2) is 79.0 Å². The molecule has 0 radical (unpaired) electrons. The van der Waals surface area contributed by atoms with E-state index in [9.17, 15) is 13.6 Å². The first-order valence-electron chi connectivity index (χ1n) is 10.9. The molecule has 7 heteroatoms. The van der Waals surface area contributed by atoms with Crippen LogP contribution in [-0.4, -0.2) is 22.5 Å². The summed E-state index contributed by atoms with van der Waals surface area (Å²) < 4.78 is 38.1. The molecule has 34 heavy (non-hydrogen) atoms. The number of imidazole rings is 1. The van der Waals surface area contributed by atoms with Gasteiger partial charge in [0, 0.05) is 24.7 Å². The molecule has 1 aromatic heterocycles. The van der Waals surface area contributed by atoms with Gasteiger partial charge in [-0.2, -0.15) is 0 Å². The SMILES string of the molecule is Cc1ncc(CC(Oc2cccc(C(=O)OCCc3ccc(F)cc3)c2)c2ccc(F)cc2)[nH]1. The van der Waals surface area contributed by atoms with Gasteiger partial charge in [-0.25, -0.2) is 18.6 Å². The van der Waals surface area contributed by atoms with Crippen molar-refractivity contribution in [2.24, 2.45) is 0 Å². The van der Waals surface area contributed by atoms with Gasteiger partial charge in [-0.15, -0.1) is 0 Å². The highest BCUT2D eigenvalue weighted by Crippen LogP contribution is 2.26. The molecule has 0 saturated heterocycles. The first kappa shape index (κ1) is 23.2. The number of carbonyl (C=O) groups excluding carboxylic acids is 1. The van der Waals surface area contributed by atoms with Crippen molar-refractivity contribution < 1.29 is 23.0 Å². The number of H-pyrrole nitrogens is 1. The monoisotopic (exact) mass is 462 g/mol. The van der Waals surface area contributed by atoms with E-state index in [2.05, 4.69) is 9.97 Å². The van der Waals surface area contributed by atoms with E-state index in [4.69, 9.17) is 9.47 Å². The Labute approximate surface area is 196 Å². The number of carbonyl (C=O) groups is 1. The summed E-state index contributed by atoms with van der Waals surface area (Å²) in [6, 6.07) is 18.9. The first-order valence-corrected chi connectivity index (χ1v) is 10.9. The van der Waals surface area contributed by atoms with E-state index in [1.807, 2.05) is 6.92 Å². The lowest BCUT2D eigenvalue weighted by molar-refractivity contribution is 0.0508. The third-order valence-corrected chi connectivity index (χ3v) is 5.29. The summed E-state index contributed by atoms with van der Waals surface area (Å²) in [5.41, 5.74) is 2.90. The number of aromatic nitrogens is 2. The number of nitrogens with one attached hydrogen (secondary N) is 1. The van der Waals surface area contributed by atoms with Crippen LogP contribution in [0.2, 0.25) is 0 Å². The van der Waals surface area contributed by atoms with Crippen molar-refractivity contribution >= 4 is 5.97 Å². The van der Waals surface area contributed by atoms with E-state index in [1.165, 1.54) is 24.3 Å². The number of aryl methyl sites for hydroxylation is 1. The number of hydrogen-bond donors (Lipinski definition) is 1. The Morgan fingerprint density at radius 3 is 2.38 bits per heavy atom. The largest absolute Gasteiger partial charge is 0.485 e. The second-order valence-corrected chi connectivity index (χ2v) is 7.90. The number of esters is 1. The second-order valence-electron chi connectivity index (χ2n) is 7.90. The lowest BCUT2D eigenvalue weighted by Crippen LogP contribution is -2.12. The van der Waals surface area contributed by atoms with E-state index >= 15 is 0 Å². The number of nitrogens with zero attached hydrogens (tertiary/aromatic N) is 1. The molecule has 5 nitrogen and oxygen atoms in total. The summed E-state index contributed by atoms with van der Waals surface area (Å²) in [5, 5.41) is 0. The highest BCUT2D eigenvalue weighted by Gasteiger charge is 2.17. The number of ether oxygens (including phenoxy) is 2.